The van der Waals surface area contributed by atoms with Crippen LogP contribution in [0.2, 0.25) is 0 Å². The Morgan fingerprint density at radius 1 is 1.43 bits per heavy atom. The molecule has 0 bridgehead atoms. The number of nitrogens with zero attached hydrogens (tertiary/aromatic N) is 3. The summed E-state index contributed by atoms with van der Waals surface area (Å²) >= 11 is 0. The van der Waals surface area contributed by atoms with Crippen LogP contribution in [0.15, 0.2) is 24.5 Å². The molecule has 21 heavy (non-hydrogen) atoms. The number of carbonyl (C=O) groups is 1. The molecule has 112 valence electrons. The van der Waals surface area contributed by atoms with E-state index in [9.17, 15) is 13.6 Å². The largest absolute Gasteiger partial charge is 0.342 e. The summed E-state index contributed by atoms with van der Waals surface area (Å²) in [6.45, 7) is 4.48. The molecule has 1 aromatic heterocycles. The lowest BCUT2D eigenvalue weighted by molar-refractivity contribution is 0.0933. The van der Waals surface area contributed by atoms with Crippen molar-refractivity contribution in [3.05, 3.63) is 47.5 Å². The first kappa shape index (κ1) is 15.1. The van der Waals surface area contributed by atoms with Crippen molar-refractivity contribution in [1.82, 2.24) is 20.1 Å². The Labute approximate surface area is 121 Å². The second-order valence-electron chi connectivity index (χ2n) is 4.70. The maximum absolute atomic E-state index is 13.6. The standard InChI is InChI=1S/C14H16F2N4O/c1-3-6-20-8-17-19-13(20)9(2)18-14(21)11-5-4-10(15)7-12(11)16/h4-5,7-9H,3,6H2,1-2H3,(H,18,21). The fraction of sp³-hybridized carbons (Fsp3) is 0.357. The monoisotopic (exact) mass is 294 g/mol. The number of aryl methyl sites for hydroxylation is 1. The molecular formula is C14H16F2N4O. The van der Waals surface area contributed by atoms with Crippen molar-refractivity contribution in [2.45, 2.75) is 32.9 Å². The lowest BCUT2D eigenvalue weighted by Crippen LogP contribution is -2.29. The number of nitrogens with one attached hydrogen (secondary N) is 1. The van der Waals surface area contributed by atoms with E-state index in [0.29, 0.717) is 11.9 Å². The average molecular weight is 294 g/mol. The molecule has 0 aliphatic carbocycles. The first-order valence-corrected chi connectivity index (χ1v) is 6.66. The maximum Gasteiger partial charge on any atom is 0.254 e. The highest BCUT2D eigenvalue weighted by Crippen LogP contribution is 2.13. The fourth-order valence-electron chi connectivity index (χ4n) is 2.02. The SMILES string of the molecule is CCCn1cnnc1C(C)NC(=O)c1ccc(F)cc1F. The quantitative estimate of drug-likeness (QED) is 0.921. The molecule has 7 heteroatoms. The Kier molecular flexibility index (Phi) is 4.62. The van der Waals surface area contributed by atoms with Gasteiger partial charge in [0.05, 0.1) is 11.6 Å². The summed E-state index contributed by atoms with van der Waals surface area (Å²) in [7, 11) is 0. The Morgan fingerprint density at radius 2 is 2.19 bits per heavy atom. The number of halogens is 2. The number of amides is 1. The number of benzene rings is 1. The third-order valence-corrected chi connectivity index (χ3v) is 3.02. The van der Waals surface area contributed by atoms with Crippen LogP contribution in [0.1, 0.15) is 42.5 Å². The van der Waals surface area contributed by atoms with Gasteiger partial charge in [-0.05, 0) is 25.5 Å². The van der Waals surface area contributed by atoms with E-state index in [1.54, 1.807) is 13.3 Å². The number of hydrogen-bond donors (Lipinski definition) is 1. The van der Waals surface area contributed by atoms with Gasteiger partial charge in [-0.15, -0.1) is 10.2 Å². The Hall–Kier alpha value is -2.31. The van der Waals surface area contributed by atoms with Crippen molar-refractivity contribution >= 4 is 5.91 Å². The van der Waals surface area contributed by atoms with Crippen LogP contribution >= 0.6 is 0 Å². The molecule has 1 amide bonds. The molecule has 1 N–H and O–H groups in total. The molecule has 0 fully saturated rings. The topological polar surface area (TPSA) is 59.8 Å². The summed E-state index contributed by atoms with van der Waals surface area (Å²) in [6.07, 6.45) is 2.48. The van der Waals surface area contributed by atoms with Crippen molar-refractivity contribution in [1.29, 1.82) is 0 Å². The summed E-state index contributed by atoms with van der Waals surface area (Å²) < 4.78 is 28.2. The van der Waals surface area contributed by atoms with Crippen molar-refractivity contribution in [3.8, 4) is 0 Å². The molecular weight excluding hydrogens is 278 g/mol. The fourth-order valence-corrected chi connectivity index (χ4v) is 2.02. The van der Waals surface area contributed by atoms with Gasteiger partial charge in [0.25, 0.3) is 5.91 Å². The molecule has 0 saturated heterocycles. The van der Waals surface area contributed by atoms with Crippen LogP contribution in [0.3, 0.4) is 0 Å². The molecule has 1 aromatic carbocycles. The molecule has 0 spiro atoms. The number of hydrogen-bond acceptors (Lipinski definition) is 3. The van der Waals surface area contributed by atoms with Crippen molar-refractivity contribution < 1.29 is 13.6 Å². The lowest BCUT2D eigenvalue weighted by Gasteiger charge is -2.14. The second kappa shape index (κ2) is 6.43. The Morgan fingerprint density at radius 3 is 2.86 bits per heavy atom. The van der Waals surface area contributed by atoms with Crippen LogP contribution in [-0.4, -0.2) is 20.7 Å². The molecule has 1 unspecified atom stereocenters. The van der Waals surface area contributed by atoms with E-state index in [1.807, 2.05) is 11.5 Å². The number of aromatic nitrogens is 3. The Bertz CT molecular complexity index is 642. The maximum atomic E-state index is 13.6. The molecule has 0 aliphatic heterocycles. The van der Waals surface area contributed by atoms with E-state index >= 15 is 0 Å². The number of rotatable bonds is 5. The van der Waals surface area contributed by atoms with Gasteiger partial charge >= 0.3 is 0 Å². The summed E-state index contributed by atoms with van der Waals surface area (Å²) in [4.78, 5) is 12.0. The Balaban J connectivity index is 2.13. The van der Waals surface area contributed by atoms with E-state index in [2.05, 4.69) is 15.5 Å². The van der Waals surface area contributed by atoms with Crippen molar-refractivity contribution in [3.63, 3.8) is 0 Å². The molecule has 1 atom stereocenters. The molecule has 0 radical (unpaired) electrons. The first-order chi connectivity index (χ1) is 10.0. The average Bonchev–Trinajstić information content (AvgIpc) is 2.87. The minimum absolute atomic E-state index is 0.204. The van der Waals surface area contributed by atoms with E-state index in [4.69, 9.17) is 0 Å². The molecule has 2 rings (SSSR count). The summed E-state index contributed by atoms with van der Waals surface area (Å²) in [6, 6.07) is 2.40. The van der Waals surface area contributed by atoms with Crippen LogP contribution < -0.4 is 5.32 Å². The zero-order valence-electron chi connectivity index (χ0n) is 11.8. The third kappa shape index (κ3) is 3.42. The minimum Gasteiger partial charge on any atom is -0.342 e. The van der Waals surface area contributed by atoms with Gasteiger partial charge in [0.1, 0.15) is 18.0 Å². The van der Waals surface area contributed by atoms with Crippen LogP contribution in [0.5, 0.6) is 0 Å². The van der Waals surface area contributed by atoms with Gasteiger partial charge in [0.2, 0.25) is 0 Å². The van der Waals surface area contributed by atoms with Gasteiger partial charge < -0.3 is 9.88 Å². The number of carbonyl (C=O) groups excluding carboxylic acids is 1. The highest BCUT2D eigenvalue weighted by molar-refractivity contribution is 5.94. The summed E-state index contributed by atoms with van der Waals surface area (Å²) in [5.41, 5.74) is -0.204. The van der Waals surface area contributed by atoms with Gasteiger partial charge in [-0.3, -0.25) is 4.79 Å². The van der Waals surface area contributed by atoms with E-state index in [1.165, 1.54) is 0 Å². The van der Waals surface area contributed by atoms with Crippen LogP contribution in [0.25, 0.3) is 0 Å². The van der Waals surface area contributed by atoms with Gasteiger partial charge in [0, 0.05) is 12.6 Å². The molecule has 0 aliphatic rings. The zero-order valence-corrected chi connectivity index (χ0v) is 11.8. The summed E-state index contributed by atoms with van der Waals surface area (Å²) in [5.74, 6) is -1.65. The van der Waals surface area contributed by atoms with E-state index in [-0.39, 0.29) is 5.56 Å². The van der Waals surface area contributed by atoms with Crippen molar-refractivity contribution in [2.24, 2.45) is 0 Å². The molecule has 0 saturated carbocycles. The normalized spacial score (nSPS) is 12.2. The predicted octanol–water partition coefficient (Wildman–Crippen LogP) is 2.46. The van der Waals surface area contributed by atoms with E-state index in [0.717, 1.165) is 25.1 Å². The molecule has 2 aromatic rings. The van der Waals surface area contributed by atoms with Gasteiger partial charge in [-0.25, -0.2) is 8.78 Å². The minimum atomic E-state index is -0.894. The van der Waals surface area contributed by atoms with Gasteiger partial charge in [0.15, 0.2) is 5.82 Å². The highest BCUT2D eigenvalue weighted by Gasteiger charge is 2.18. The molecule has 5 nitrogen and oxygen atoms in total. The van der Waals surface area contributed by atoms with Crippen LogP contribution in [-0.2, 0) is 6.54 Å². The third-order valence-electron chi connectivity index (χ3n) is 3.02. The first-order valence-electron chi connectivity index (χ1n) is 6.66. The smallest absolute Gasteiger partial charge is 0.254 e. The second-order valence-corrected chi connectivity index (χ2v) is 4.70. The van der Waals surface area contributed by atoms with Crippen LogP contribution in [0.4, 0.5) is 8.78 Å². The zero-order chi connectivity index (χ0) is 15.4. The lowest BCUT2D eigenvalue weighted by atomic mass is 10.1. The predicted molar refractivity (Wildman–Crippen MR) is 72.6 cm³/mol. The van der Waals surface area contributed by atoms with Gasteiger partial charge in [-0.2, -0.15) is 0 Å². The van der Waals surface area contributed by atoms with Crippen molar-refractivity contribution in [2.75, 3.05) is 0 Å². The van der Waals surface area contributed by atoms with Crippen LogP contribution in [0, 0.1) is 11.6 Å². The summed E-state index contributed by atoms with van der Waals surface area (Å²) in [5, 5.41) is 10.4. The van der Waals surface area contributed by atoms with Gasteiger partial charge in [-0.1, -0.05) is 6.92 Å². The molecule has 1 heterocycles. The highest BCUT2D eigenvalue weighted by atomic mass is 19.1. The van der Waals surface area contributed by atoms with E-state index < -0.39 is 23.6 Å².